The van der Waals surface area contributed by atoms with Crippen LogP contribution in [0, 0.1) is 13.8 Å². The van der Waals surface area contributed by atoms with Gasteiger partial charge in [0.1, 0.15) is 13.2 Å². The first-order valence-corrected chi connectivity index (χ1v) is 10.0. The number of nitrogens with zero attached hydrogens (tertiary/aromatic N) is 2. The van der Waals surface area contributed by atoms with E-state index in [0.717, 1.165) is 28.1 Å². The van der Waals surface area contributed by atoms with E-state index in [2.05, 4.69) is 5.32 Å². The van der Waals surface area contributed by atoms with Crippen molar-refractivity contribution < 1.29 is 19.1 Å². The predicted octanol–water partition coefficient (Wildman–Crippen LogP) is 2.60. The average Bonchev–Trinajstić information content (AvgIpc) is 2.70. The number of fused-ring (bicyclic) bond motifs is 1. The van der Waals surface area contributed by atoms with E-state index in [1.807, 2.05) is 50.2 Å². The molecule has 0 bridgehead atoms. The Hall–Kier alpha value is -3.06. The summed E-state index contributed by atoms with van der Waals surface area (Å²) in [6, 6.07) is 11.6. The van der Waals surface area contributed by atoms with Gasteiger partial charge in [0, 0.05) is 19.3 Å². The van der Waals surface area contributed by atoms with Gasteiger partial charge >= 0.3 is 0 Å². The molecule has 1 aliphatic rings. The first-order chi connectivity index (χ1) is 14.3. The lowest BCUT2D eigenvalue weighted by Crippen LogP contribution is -2.39. The van der Waals surface area contributed by atoms with Gasteiger partial charge in [-0.15, -0.1) is 0 Å². The number of hydrogen-bond acceptors (Lipinski definition) is 5. The van der Waals surface area contributed by atoms with Crippen LogP contribution in [0.5, 0.6) is 11.5 Å². The second kappa shape index (κ2) is 9.63. The maximum absolute atomic E-state index is 12.6. The normalized spacial score (nSPS) is 12.6. The van der Waals surface area contributed by atoms with Crippen molar-refractivity contribution in [3.63, 3.8) is 0 Å². The molecule has 2 amide bonds. The van der Waals surface area contributed by atoms with Crippen LogP contribution in [0.1, 0.15) is 16.7 Å². The number of ether oxygens (including phenoxy) is 2. The van der Waals surface area contributed by atoms with Crippen LogP contribution in [-0.4, -0.2) is 62.0 Å². The lowest BCUT2D eigenvalue weighted by atomic mass is 10.1. The molecule has 3 rings (SSSR count). The summed E-state index contributed by atoms with van der Waals surface area (Å²) in [5.41, 5.74) is 3.82. The van der Waals surface area contributed by atoms with Gasteiger partial charge in [-0.05, 0) is 49.7 Å². The van der Waals surface area contributed by atoms with Crippen molar-refractivity contribution in [1.29, 1.82) is 0 Å². The third kappa shape index (κ3) is 5.51. The second-order valence-electron chi connectivity index (χ2n) is 7.72. The van der Waals surface area contributed by atoms with Crippen molar-refractivity contribution >= 4 is 17.5 Å². The molecule has 0 saturated carbocycles. The summed E-state index contributed by atoms with van der Waals surface area (Å²) < 4.78 is 11.1. The topological polar surface area (TPSA) is 71.1 Å². The molecular weight excluding hydrogens is 382 g/mol. The summed E-state index contributed by atoms with van der Waals surface area (Å²) in [5.74, 6) is 1.23. The summed E-state index contributed by atoms with van der Waals surface area (Å²) >= 11 is 0. The first-order valence-electron chi connectivity index (χ1n) is 10.0. The van der Waals surface area contributed by atoms with E-state index in [9.17, 15) is 9.59 Å². The summed E-state index contributed by atoms with van der Waals surface area (Å²) in [6.45, 7) is 5.75. The molecule has 2 aromatic rings. The molecule has 0 aromatic heterocycles. The van der Waals surface area contributed by atoms with Crippen LogP contribution in [0.25, 0.3) is 0 Å². The zero-order valence-electron chi connectivity index (χ0n) is 18.0. The fourth-order valence-electron chi connectivity index (χ4n) is 3.39. The molecule has 0 atom stereocenters. The number of nitrogens with one attached hydrogen (secondary N) is 1. The third-order valence-electron chi connectivity index (χ3n) is 5.02. The molecular formula is C23H29N3O4. The van der Waals surface area contributed by atoms with E-state index >= 15 is 0 Å². The maximum Gasteiger partial charge on any atom is 0.238 e. The highest BCUT2D eigenvalue weighted by Crippen LogP contribution is 2.31. The van der Waals surface area contributed by atoms with Crippen molar-refractivity contribution in [1.82, 2.24) is 9.80 Å². The number of amides is 2. The average molecular weight is 412 g/mol. The van der Waals surface area contributed by atoms with Gasteiger partial charge in [-0.25, -0.2) is 0 Å². The Morgan fingerprint density at radius 1 is 0.967 bits per heavy atom. The lowest BCUT2D eigenvalue weighted by Gasteiger charge is -2.23. The molecule has 0 aliphatic carbocycles. The minimum absolute atomic E-state index is 0.0627. The van der Waals surface area contributed by atoms with Crippen LogP contribution in [0.3, 0.4) is 0 Å². The van der Waals surface area contributed by atoms with Gasteiger partial charge in [-0.3, -0.25) is 14.5 Å². The minimum Gasteiger partial charge on any atom is -0.486 e. The number of para-hydroxylation sites is 1. The van der Waals surface area contributed by atoms with Gasteiger partial charge < -0.3 is 19.7 Å². The third-order valence-corrected chi connectivity index (χ3v) is 5.02. The summed E-state index contributed by atoms with van der Waals surface area (Å²) in [4.78, 5) is 28.4. The van der Waals surface area contributed by atoms with Gasteiger partial charge in [-0.1, -0.05) is 24.3 Å². The smallest absolute Gasteiger partial charge is 0.238 e. The maximum atomic E-state index is 12.6. The van der Waals surface area contributed by atoms with Gasteiger partial charge in [0.05, 0.1) is 13.1 Å². The molecule has 2 aromatic carbocycles. The van der Waals surface area contributed by atoms with Crippen LogP contribution >= 0.6 is 0 Å². The molecule has 160 valence electrons. The zero-order chi connectivity index (χ0) is 21.7. The molecule has 0 unspecified atom stereocenters. The summed E-state index contributed by atoms with van der Waals surface area (Å²) in [5, 5.41) is 2.95. The van der Waals surface area contributed by atoms with Crippen LogP contribution < -0.4 is 14.8 Å². The Bertz CT molecular complexity index is 908. The highest BCUT2D eigenvalue weighted by Gasteiger charge is 2.17. The van der Waals surface area contributed by atoms with E-state index < -0.39 is 0 Å². The van der Waals surface area contributed by atoms with Crippen LogP contribution in [-0.2, 0) is 16.1 Å². The van der Waals surface area contributed by atoms with E-state index in [4.69, 9.17) is 9.47 Å². The Kier molecular flexibility index (Phi) is 6.95. The van der Waals surface area contributed by atoms with Gasteiger partial charge in [0.15, 0.2) is 11.5 Å². The molecule has 1 N–H and O–H groups in total. The van der Waals surface area contributed by atoms with Crippen molar-refractivity contribution in [2.45, 2.75) is 20.4 Å². The number of benzene rings is 2. The largest absolute Gasteiger partial charge is 0.486 e. The predicted molar refractivity (Wildman–Crippen MR) is 116 cm³/mol. The number of hydrogen-bond donors (Lipinski definition) is 1. The van der Waals surface area contributed by atoms with Crippen molar-refractivity contribution in [2.75, 3.05) is 45.7 Å². The van der Waals surface area contributed by atoms with Gasteiger partial charge in [-0.2, -0.15) is 0 Å². The van der Waals surface area contributed by atoms with E-state index in [-0.39, 0.29) is 24.9 Å². The highest BCUT2D eigenvalue weighted by atomic mass is 16.6. The van der Waals surface area contributed by atoms with Gasteiger partial charge in [0.25, 0.3) is 0 Å². The monoisotopic (exact) mass is 411 g/mol. The Balaban J connectivity index is 1.50. The van der Waals surface area contributed by atoms with Crippen molar-refractivity contribution in [3.05, 3.63) is 53.1 Å². The molecule has 1 heterocycles. The van der Waals surface area contributed by atoms with E-state index in [0.29, 0.717) is 25.5 Å². The minimum atomic E-state index is -0.141. The fraction of sp³-hybridized carbons (Fsp3) is 0.391. The Labute approximate surface area is 177 Å². The molecule has 0 fully saturated rings. The molecule has 30 heavy (non-hydrogen) atoms. The number of anilines is 1. The quantitative estimate of drug-likeness (QED) is 0.758. The van der Waals surface area contributed by atoms with E-state index in [1.54, 1.807) is 23.9 Å². The molecule has 0 radical (unpaired) electrons. The number of carbonyl (C=O) groups excluding carboxylic acids is 2. The number of likely N-dealkylation sites (N-methyl/N-ethyl adjacent to an activating group) is 2. The number of rotatable bonds is 7. The zero-order valence-corrected chi connectivity index (χ0v) is 18.0. The molecule has 7 heteroatoms. The standard InChI is InChI=1S/C23H29N3O4/c1-16-6-5-7-17(2)23(16)24-21(27)14-25(3)15-22(28)26(4)13-18-8-9-19-20(12-18)30-11-10-29-19/h5-9,12H,10-11,13-15H2,1-4H3,(H,24,27). The van der Waals surface area contributed by atoms with Crippen molar-refractivity contribution in [3.8, 4) is 11.5 Å². The lowest BCUT2D eigenvalue weighted by molar-refractivity contribution is -0.131. The molecule has 1 aliphatic heterocycles. The molecule has 0 saturated heterocycles. The van der Waals surface area contributed by atoms with E-state index in [1.165, 1.54) is 0 Å². The Morgan fingerprint density at radius 2 is 1.63 bits per heavy atom. The Morgan fingerprint density at radius 3 is 2.33 bits per heavy atom. The summed E-state index contributed by atoms with van der Waals surface area (Å²) in [6.07, 6.45) is 0. The van der Waals surface area contributed by atoms with Crippen LogP contribution in [0.15, 0.2) is 36.4 Å². The first kappa shape index (κ1) is 21.6. The molecule has 7 nitrogen and oxygen atoms in total. The van der Waals surface area contributed by atoms with Crippen molar-refractivity contribution in [2.24, 2.45) is 0 Å². The second-order valence-corrected chi connectivity index (χ2v) is 7.72. The number of carbonyl (C=O) groups is 2. The van der Waals surface area contributed by atoms with Gasteiger partial charge in [0.2, 0.25) is 11.8 Å². The molecule has 0 spiro atoms. The SMILES string of the molecule is Cc1cccc(C)c1NC(=O)CN(C)CC(=O)N(C)Cc1ccc2c(c1)OCCO2. The summed E-state index contributed by atoms with van der Waals surface area (Å²) in [7, 11) is 3.52. The fourth-order valence-corrected chi connectivity index (χ4v) is 3.39. The van der Waals surface area contributed by atoms with Crippen LogP contribution in [0.4, 0.5) is 5.69 Å². The number of aryl methyl sites for hydroxylation is 2. The highest BCUT2D eigenvalue weighted by molar-refractivity contribution is 5.94. The van der Waals surface area contributed by atoms with Crippen LogP contribution in [0.2, 0.25) is 0 Å².